The molecule has 0 bridgehead atoms. The van der Waals surface area contributed by atoms with Gasteiger partial charge in [0.1, 0.15) is 17.2 Å². The van der Waals surface area contributed by atoms with Gasteiger partial charge in [-0.25, -0.2) is 9.07 Å². The largest absolute Gasteiger partial charge is 0.268 e. The van der Waals surface area contributed by atoms with Crippen molar-refractivity contribution in [2.75, 3.05) is 0 Å². The summed E-state index contributed by atoms with van der Waals surface area (Å²) >= 11 is 0. The average Bonchev–Trinajstić information content (AvgIpc) is 2.51. The maximum Gasteiger partial charge on any atom is 0.266 e. The molecule has 0 N–H and O–H groups in total. The van der Waals surface area contributed by atoms with E-state index in [9.17, 15) is 9.18 Å². The van der Waals surface area contributed by atoms with E-state index in [0.29, 0.717) is 17.8 Å². The Morgan fingerprint density at radius 3 is 2.55 bits per heavy atom. The van der Waals surface area contributed by atoms with Crippen LogP contribution in [0.3, 0.4) is 0 Å². The first-order chi connectivity index (χ1) is 10.6. The molecule has 2 aromatic heterocycles. The monoisotopic (exact) mass is 296 g/mol. The molecule has 0 aliphatic rings. The molecule has 0 fully saturated rings. The van der Waals surface area contributed by atoms with Gasteiger partial charge in [0.15, 0.2) is 0 Å². The van der Waals surface area contributed by atoms with Crippen molar-refractivity contribution in [2.24, 2.45) is 7.05 Å². The molecule has 3 aromatic rings. The van der Waals surface area contributed by atoms with Gasteiger partial charge in [-0.05, 0) is 35.9 Å². The van der Waals surface area contributed by atoms with Crippen molar-refractivity contribution in [1.82, 2.24) is 20.0 Å². The van der Waals surface area contributed by atoms with Crippen molar-refractivity contribution >= 4 is 0 Å². The fourth-order valence-electron chi connectivity index (χ4n) is 2.09. The van der Waals surface area contributed by atoms with Crippen molar-refractivity contribution in [3.8, 4) is 11.4 Å². The van der Waals surface area contributed by atoms with Crippen LogP contribution in [0.2, 0.25) is 0 Å². The van der Waals surface area contributed by atoms with E-state index in [-0.39, 0.29) is 11.4 Å². The van der Waals surface area contributed by atoms with Gasteiger partial charge in [0.05, 0.1) is 5.69 Å². The molecule has 0 saturated heterocycles. The molecular weight excluding hydrogens is 283 g/mol. The van der Waals surface area contributed by atoms with Gasteiger partial charge in [-0.1, -0.05) is 12.1 Å². The predicted octanol–water partition coefficient (Wildman–Crippen LogP) is 1.97. The minimum absolute atomic E-state index is 0.181. The molecule has 1 aromatic carbocycles. The lowest BCUT2D eigenvalue weighted by Gasteiger charge is -2.03. The highest BCUT2D eigenvalue weighted by molar-refractivity contribution is 5.52. The molecule has 0 saturated carbocycles. The second-order valence-corrected chi connectivity index (χ2v) is 4.90. The Labute approximate surface area is 126 Å². The van der Waals surface area contributed by atoms with Gasteiger partial charge >= 0.3 is 0 Å². The summed E-state index contributed by atoms with van der Waals surface area (Å²) in [5.41, 5.74) is 2.55. The lowest BCUT2D eigenvalue weighted by atomic mass is 10.1. The van der Waals surface area contributed by atoms with Crippen LogP contribution in [-0.2, 0) is 13.5 Å². The maximum absolute atomic E-state index is 13.2. The predicted molar refractivity (Wildman–Crippen MR) is 79.7 cm³/mol. The van der Waals surface area contributed by atoms with Crippen molar-refractivity contribution in [3.63, 3.8) is 0 Å². The fourth-order valence-corrected chi connectivity index (χ4v) is 2.09. The zero-order chi connectivity index (χ0) is 15.5. The third-order valence-corrected chi connectivity index (χ3v) is 3.22. The first-order valence-electron chi connectivity index (χ1n) is 6.73. The van der Waals surface area contributed by atoms with Gasteiger partial charge in [-0.15, -0.1) is 5.10 Å². The highest BCUT2D eigenvalue weighted by atomic mass is 19.1. The molecular formula is C16H13FN4O. The summed E-state index contributed by atoms with van der Waals surface area (Å²) < 4.78 is 14.4. The van der Waals surface area contributed by atoms with Crippen LogP contribution in [0.1, 0.15) is 11.3 Å². The van der Waals surface area contributed by atoms with Gasteiger partial charge < -0.3 is 0 Å². The van der Waals surface area contributed by atoms with E-state index in [1.54, 1.807) is 25.2 Å². The number of aryl methyl sites for hydroxylation is 1. The molecule has 0 atom stereocenters. The SMILES string of the molecule is Cn1nc(-c2ccc(Cc3cccc(F)c3)nn2)ccc1=O. The van der Waals surface area contributed by atoms with Crippen LogP contribution in [0.25, 0.3) is 11.4 Å². The molecule has 0 aliphatic carbocycles. The Balaban J connectivity index is 1.83. The zero-order valence-electron chi connectivity index (χ0n) is 11.9. The quantitative estimate of drug-likeness (QED) is 0.741. The number of benzene rings is 1. The highest BCUT2D eigenvalue weighted by Crippen LogP contribution is 2.13. The fraction of sp³-hybridized carbons (Fsp3) is 0.125. The Morgan fingerprint density at radius 1 is 1.05 bits per heavy atom. The van der Waals surface area contributed by atoms with E-state index in [2.05, 4.69) is 15.3 Å². The lowest BCUT2D eigenvalue weighted by Crippen LogP contribution is -2.18. The summed E-state index contributed by atoms with van der Waals surface area (Å²) in [7, 11) is 1.58. The van der Waals surface area contributed by atoms with E-state index in [1.807, 2.05) is 12.1 Å². The third-order valence-electron chi connectivity index (χ3n) is 3.22. The maximum atomic E-state index is 13.2. The summed E-state index contributed by atoms with van der Waals surface area (Å²) in [6.07, 6.45) is 0.506. The van der Waals surface area contributed by atoms with E-state index in [4.69, 9.17) is 0 Å². The van der Waals surface area contributed by atoms with Crippen LogP contribution in [0.4, 0.5) is 4.39 Å². The molecule has 0 aliphatic heterocycles. The van der Waals surface area contributed by atoms with Crippen LogP contribution >= 0.6 is 0 Å². The van der Waals surface area contributed by atoms with Crippen molar-refractivity contribution < 1.29 is 4.39 Å². The van der Waals surface area contributed by atoms with Crippen LogP contribution in [0.5, 0.6) is 0 Å². The van der Waals surface area contributed by atoms with E-state index >= 15 is 0 Å². The van der Waals surface area contributed by atoms with Gasteiger partial charge in [-0.2, -0.15) is 10.2 Å². The molecule has 110 valence electrons. The van der Waals surface area contributed by atoms with Crippen molar-refractivity contribution in [1.29, 1.82) is 0 Å². The Morgan fingerprint density at radius 2 is 1.86 bits per heavy atom. The third kappa shape index (κ3) is 3.06. The van der Waals surface area contributed by atoms with Crippen molar-refractivity contribution in [3.05, 3.63) is 76.0 Å². The number of nitrogens with zero attached hydrogens (tertiary/aromatic N) is 4. The summed E-state index contributed by atoms with van der Waals surface area (Å²) in [5, 5.41) is 12.4. The van der Waals surface area contributed by atoms with Crippen LogP contribution in [0, 0.1) is 5.82 Å². The second-order valence-electron chi connectivity index (χ2n) is 4.90. The molecule has 22 heavy (non-hydrogen) atoms. The van der Waals surface area contributed by atoms with E-state index < -0.39 is 0 Å². The molecule has 0 amide bonds. The van der Waals surface area contributed by atoms with Crippen LogP contribution < -0.4 is 5.56 Å². The minimum atomic E-state index is -0.267. The summed E-state index contributed by atoms with van der Waals surface area (Å²) in [4.78, 5) is 11.3. The van der Waals surface area contributed by atoms with Gasteiger partial charge in [0.25, 0.3) is 5.56 Å². The first kappa shape index (κ1) is 14.1. The minimum Gasteiger partial charge on any atom is -0.268 e. The summed E-state index contributed by atoms with van der Waals surface area (Å²) in [5.74, 6) is -0.267. The average molecular weight is 296 g/mol. The summed E-state index contributed by atoms with van der Waals surface area (Å²) in [6.45, 7) is 0. The van der Waals surface area contributed by atoms with Gasteiger partial charge in [0.2, 0.25) is 0 Å². The lowest BCUT2D eigenvalue weighted by molar-refractivity contribution is 0.626. The molecule has 0 unspecified atom stereocenters. The number of aromatic nitrogens is 4. The Bertz CT molecular complexity index is 859. The standard InChI is InChI=1S/C16H13FN4O/c1-21-16(22)8-7-15(20-21)14-6-5-13(18-19-14)10-11-3-2-4-12(17)9-11/h2-9H,10H2,1H3. The highest BCUT2D eigenvalue weighted by Gasteiger charge is 2.05. The smallest absolute Gasteiger partial charge is 0.266 e. The normalized spacial score (nSPS) is 10.6. The molecule has 2 heterocycles. The van der Waals surface area contributed by atoms with E-state index in [0.717, 1.165) is 11.3 Å². The molecule has 5 nitrogen and oxygen atoms in total. The number of hydrogen-bond donors (Lipinski definition) is 0. The molecule has 0 radical (unpaired) electrons. The van der Waals surface area contributed by atoms with Crippen LogP contribution in [-0.4, -0.2) is 20.0 Å². The number of halogens is 1. The van der Waals surface area contributed by atoms with Crippen molar-refractivity contribution in [2.45, 2.75) is 6.42 Å². The Hall–Kier alpha value is -2.89. The van der Waals surface area contributed by atoms with Gasteiger partial charge in [-0.3, -0.25) is 4.79 Å². The van der Waals surface area contributed by atoms with Gasteiger partial charge in [0, 0.05) is 19.5 Å². The van der Waals surface area contributed by atoms with Crippen LogP contribution in [0.15, 0.2) is 53.3 Å². The van der Waals surface area contributed by atoms with E-state index in [1.165, 1.54) is 22.9 Å². The first-order valence-corrected chi connectivity index (χ1v) is 6.73. The summed E-state index contributed by atoms with van der Waals surface area (Å²) in [6, 6.07) is 13.0. The zero-order valence-corrected chi connectivity index (χ0v) is 11.9. The number of rotatable bonds is 3. The second kappa shape index (κ2) is 5.85. The molecule has 3 rings (SSSR count). The topological polar surface area (TPSA) is 60.7 Å². The number of hydrogen-bond acceptors (Lipinski definition) is 4. The Kier molecular flexibility index (Phi) is 3.74. The molecule has 0 spiro atoms. The molecule has 6 heteroatoms.